The number of likely N-dealkylation sites (N-methyl/N-ethyl adjacent to an activating group) is 1. The van der Waals surface area contributed by atoms with Gasteiger partial charge in [-0.2, -0.15) is 4.99 Å². The summed E-state index contributed by atoms with van der Waals surface area (Å²) in [6.07, 6.45) is -0.00178. The summed E-state index contributed by atoms with van der Waals surface area (Å²) in [6, 6.07) is 9.49. The molecular formula is C43H64N2O11. The molecule has 2 N–H and O–H groups in total. The maximum Gasteiger partial charge on any atom is 0.433 e. The molecule has 3 aliphatic heterocycles. The zero-order valence-electron chi connectivity index (χ0n) is 35.0. The molecule has 0 aromatic heterocycles. The van der Waals surface area contributed by atoms with Crippen molar-refractivity contribution >= 4 is 29.6 Å². The molecule has 3 heterocycles. The Morgan fingerprint density at radius 2 is 1.73 bits per heavy atom. The van der Waals surface area contributed by atoms with E-state index in [9.17, 15) is 24.6 Å². The average molecular weight is 785 g/mol. The maximum atomic E-state index is 14.5. The topological polar surface area (TPSA) is 163 Å². The van der Waals surface area contributed by atoms with Crippen LogP contribution in [0.4, 0.5) is 4.79 Å². The van der Waals surface area contributed by atoms with Gasteiger partial charge in [-0.15, -0.1) is 0 Å². The number of Topliss-reactive ketones (excluding diaryl/α,β-unsaturated/α-hetero) is 1. The van der Waals surface area contributed by atoms with Crippen LogP contribution in [-0.2, 0) is 38.0 Å². The van der Waals surface area contributed by atoms with Gasteiger partial charge in [0.25, 0.3) is 0 Å². The molecule has 13 atom stereocenters. The van der Waals surface area contributed by atoms with E-state index in [4.69, 9.17) is 28.4 Å². The number of ketones is 1. The van der Waals surface area contributed by atoms with Crippen molar-refractivity contribution < 1.29 is 53.0 Å². The van der Waals surface area contributed by atoms with Gasteiger partial charge in [0.2, 0.25) is 0 Å². The first-order valence-electron chi connectivity index (χ1n) is 19.8. The van der Waals surface area contributed by atoms with E-state index in [0.717, 1.165) is 5.56 Å². The number of fused-ring (bicyclic) bond motifs is 5. The van der Waals surface area contributed by atoms with Gasteiger partial charge in [-0.05, 0) is 78.1 Å². The lowest BCUT2D eigenvalue weighted by molar-refractivity contribution is -0.296. The summed E-state index contributed by atoms with van der Waals surface area (Å²) >= 11 is 0. The van der Waals surface area contributed by atoms with E-state index in [-0.39, 0.29) is 38.2 Å². The minimum absolute atomic E-state index is 0.0167. The second kappa shape index (κ2) is 19.4. The van der Waals surface area contributed by atoms with E-state index in [1.165, 1.54) is 21.0 Å². The summed E-state index contributed by atoms with van der Waals surface area (Å²) in [5.74, 6) is -4.79. The number of hydrogen-bond acceptors (Lipinski definition) is 12. The second-order valence-corrected chi connectivity index (χ2v) is 16.4. The van der Waals surface area contributed by atoms with E-state index in [0.29, 0.717) is 17.7 Å². The molecular weight excluding hydrogens is 720 g/mol. The smallest absolute Gasteiger partial charge is 0.433 e. The van der Waals surface area contributed by atoms with E-state index < -0.39 is 83.4 Å². The van der Waals surface area contributed by atoms with Crippen LogP contribution in [0.5, 0.6) is 0 Å². The van der Waals surface area contributed by atoms with Gasteiger partial charge in [0.1, 0.15) is 23.7 Å². The third kappa shape index (κ3) is 10.6. The zero-order chi connectivity index (χ0) is 41.5. The highest BCUT2D eigenvalue weighted by atomic mass is 16.7. The highest BCUT2D eigenvalue weighted by Gasteiger charge is 2.53. The highest BCUT2D eigenvalue weighted by molar-refractivity contribution is 6.00. The number of carbonyl (C=O) groups is 3. The van der Waals surface area contributed by atoms with Crippen molar-refractivity contribution in [1.82, 2.24) is 4.90 Å². The molecule has 0 aliphatic carbocycles. The van der Waals surface area contributed by atoms with Crippen molar-refractivity contribution in [3.63, 3.8) is 0 Å². The van der Waals surface area contributed by atoms with Crippen LogP contribution < -0.4 is 0 Å². The molecule has 4 rings (SSSR count). The molecule has 312 valence electrons. The number of nitrogens with zero attached hydrogens (tertiary/aromatic N) is 2. The van der Waals surface area contributed by atoms with Crippen molar-refractivity contribution in [2.24, 2.45) is 28.7 Å². The number of hydrogen-bond donors (Lipinski definition) is 2. The van der Waals surface area contributed by atoms with Crippen LogP contribution >= 0.6 is 0 Å². The summed E-state index contributed by atoms with van der Waals surface area (Å²) in [4.78, 5) is 47.6. The third-order valence-electron chi connectivity index (χ3n) is 11.7. The van der Waals surface area contributed by atoms with Crippen molar-refractivity contribution in [2.45, 2.75) is 129 Å². The summed E-state index contributed by atoms with van der Waals surface area (Å²) in [6.45, 7) is 13.9. The number of aliphatic imine (C=N–C) groups is 1. The lowest BCUT2D eigenvalue weighted by Gasteiger charge is -2.47. The summed E-state index contributed by atoms with van der Waals surface area (Å²) in [5.41, 5.74) is -1.13. The first kappa shape index (κ1) is 45.4. The number of methoxy groups -OCH3 is 1. The average Bonchev–Trinajstić information content (AvgIpc) is 3.17. The molecule has 13 nitrogen and oxygen atoms in total. The second-order valence-electron chi connectivity index (χ2n) is 16.4. The van der Waals surface area contributed by atoms with Gasteiger partial charge >= 0.3 is 12.1 Å². The van der Waals surface area contributed by atoms with E-state index in [1.54, 1.807) is 13.8 Å². The molecule has 3 fully saturated rings. The fraction of sp³-hybridized carbons (Fsp3) is 0.674. The van der Waals surface area contributed by atoms with Crippen LogP contribution in [0.2, 0.25) is 0 Å². The van der Waals surface area contributed by atoms with Crippen LogP contribution in [0.25, 0.3) is 6.08 Å². The van der Waals surface area contributed by atoms with Crippen LogP contribution in [-0.4, -0.2) is 127 Å². The SMILES string of the molecule is CC[C@H]1OC(=O)[C@H](C)C(=O)[C@H](C)C(O[C@@H]2O[C@H](C)C[C@H](N(C)C)C2O)[C@@]2(C)CC(C)/C(=N\C(=O)OC)C(C)C(OC/C(=C/C=C/c3ccccc3)CO2)[C@]1(C)O. The van der Waals surface area contributed by atoms with Gasteiger partial charge in [0.05, 0.1) is 44.2 Å². The lowest BCUT2D eigenvalue weighted by atomic mass is 9.73. The van der Waals surface area contributed by atoms with Crippen LogP contribution in [0.3, 0.4) is 0 Å². The molecule has 13 heteroatoms. The van der Waals surface area contributed by atoms with Crippen molar-refractivity contribution in [2.75, 3.05) is 34.4 Å². The summed E-state index contributed by atoms with van der Waals surface area (Å²) in [7, 11) is 4.98. The fourth-order valence-electron chi connectivity index (χ4n) is 8.50. The van der Waals surface area contributed by atoms with Crippen LogP contribution in [0.1, 0.15) is 80.2 Å². The van der Waals surface area contributed by atoms with Gasteiger partial charge in [0, 0.05) is 23.6 Å². The molecule has 0 radical (unpaired) electrons. The fourth-order valence-corrected chi connectivity index (χ4v) is 8.50. The Balaban J connectivity index is 1.98. The standard InChI is InChI=1S/C43H64N2O11/c1-12-33-43(8,50)38-27(4)34(44-41(49)51-11)25(2)22-42(7,53-24-31(23-52-38)20-16-19-30-17-14-13-15-18-30)37(28(5)35(46)29(6)39(48)55-33)56-40-36(47)32(45(9)10)21-26(3)54-40/h13-20,25-29,32-33,36-38,40,47,50H,12,21-24H2,1-11H3/b19-16+,31-20-,44-34+/t25?,26-,27?,28+,29-,32+,33-,36?,37?,38?,40+,42-,43-/m1/s1. The highest BCUT2D eigenvalue weighted by Crippen LogP contribution is 2.40. The number of aliphatic hydroxyl groups is 2. The first-order chi connectivity index (χ1) is 26.3. The molecule has 1 aromatic carbocycles. The quantitative estimate of drug-likeness (QED) is 0.279. The van der Waals surface area contributed by atoms with E-state index >= 15 is 0 Å². The molecule has 56 heavy (non-hydrogen) atoms. The normalized spacial score (nSPS) is 39.6. The monoisotopic (exact) mass is 784 g/mol. The van der Waals surface area contributed by atoms with Gasteiger partial charge in [-0.1, -0.05) is 76.3 Å². The number of rotatable bonds is 6. The van der Waals surface area contributed by atoms with Crippen molar-refractivity contribution in [3.8, 4) is 0 Å². The lowest BCUT2D eigenvalue weighted by Crippen LogP contribution is -2.60. The largest absolute Gasteiger partial charge is 0.459 e. The van der Waals surface area contributed by atoms with Gasteiger partial charge in [0.15, 0.2) is 12.1 Å². The Morgan fingerprint density at radius 3 is 2.36 bits per heavy atom. The minimum Gasteiger partial charge on any atom is -0.459 e. The molecule has 0 spiro atoms. The predicted octanol–water partition coefficient (Wildman–Crippen LogP) is 5.41. The van der Waals surface area contributed by atoms with Crippen molar-refractivity contribution in [1.29, 1.82) is 0 Å². The Hall–Kier alpha value is -3.30. The Kier molecular flexibility index (Phi) is 15.8. The van der Waals surface area contributed by atoms with Gasteiger partial charge in [-0.25, -0.2) is 4.79 Å². The number of allylic oxidation sites excluding steroid dienone is 2. The van der Waals surface area contributed by atoms with E-state index in [2.05, 4.69) is 4.99 Å². The minimum atomic E-state index is -1.82. The number of ether oxygens (including phenoxy) is 6. The Morgan fingerprint density at radius 1 is 1.05 bits per heavy atom. The first-order valence-corrected chi connectivity index (χ1v) is 19.8. The number of amides is 1. The molecule has 2 bridgehead atoms. The number of cyclic esters (lactones) is 1. The third-order valence-corrected chi connectivity index (χ3v) is 11.7. The predicted molar refractivity (Wildman–Crippen MR) is 212 cm³/mol. The molecule has 3 saturated heterocycles. The molecule has 1 aromatic rings. The number of carbonyl (C=O) groups excluding carboxylic acids is 3. The molecule has 5 unspecified atom stereocenters. The Bertz CT molecular complexity index is 1590. The summed E-state index contributed by atoms with van der Waals surface area (Å²) < 4.78 is 37.6. The number of aliphatic hydroxyl groups excluding tert-OH is 1. The number of esters is 1. The zero-order valence-corrected chi connectivity index (χ0v) is 35.0. The molecule has 3 aliphatic rings. The molecule has 1 amide bonds. The van der Waals surface area contributed by atoms with Crippen molar-refractivity contribution in [3.05, 3.63) is 53.6 Å². The molecule has 0 saturated carbocycles. The number of benzene rings is 1. The van der Waals surface area contributed by atoms with Crippen LogP contribution in [0.15, 0.2) is 53.0 Å². The Labute approximate surface area is 332 Å². The van der Waals surface area contributed by atoms with E-state index in [1.807, 2.05) is 95.3 Å². The maximum absolute atomic E-state index is 14.5. The van der Waals surface area contributed by atoms with Gasteiger partial charge < -0.3 is 43.5 Å². The van der Waals surface area contributed by atoms with Crippen LogP contribution in [0, 0.1) is 23.7 Å². The summed E-state index contributed by atoms with van der Waals surface area (Å²) in [5, 5.41) is 24.0. The van der Waals surface area contributed by atoms with Gasteiger partial charge in [-0.3, -0.25) is 9.59 Å².